The third-order valence-electron chi connectivity index (χ3n) is 9.17. The topological polar surface area (TPSA) is 129 Å². The molecule has 240 valence electrons. The number of benzene rings is 2. The zero-order valence-corrected chi connectivity index (χ0v) is 26.5. The Morgan fingerprint density at radius 1 is 1.09 bits per heavy atom. The summed E-state index contributed by atoms with van der Waals surface area (Å²) in [7, 11) is 0. The van der Waals surface area contributed by atoms with Crippen molar-refractivity contribution in [3.05, 3.63) is 82.2 Å². The van der Waals surface area contributed by atoms with E-state index < -0.39 is 40.9 Å². The molecule has 11 nitrogen and oxygen atoms in total. The molecule has 13 heteroatoms. The van der Waals surface area contributed by atoms with E-state index in [0.717, 1.165) is 10.6 Å². The normalized spacial score (nSPS) is 17.7. The number of aryl methyl sites for hydroxylation is 2. The summed E-state index contributed by atoms with van der Waals surface area (Å²) in [5.41, 5.74) is 0.993. The number of piperazine rings is 1. The number of carbonyl (C=O) groups excluding carboxylic acids is 2. The molecule has 0 radical (unpaired) electrons. The maximum absolute atomic E-state index is 17.6. The van der Waals surface area contributed by atoms with Crippen molar-refractivity contribution in [2.45, 2.75) is 52.6 Å². The summed E-state index contributed by atoms with van der Waals surface area (Å²) in [5, 5.41) is 10.1. The summed E-state index contributed by atoms with van der Waals surface area (Å²) in [5.74, 6) is -3.26. The van der Waals surface area contributed by atoms with Gasteiger partial charge in [-0.2, -0.15) is 10.1 Å². The van der Waals surface area contributed by atoms with Gasteiger partial charge in [0.1, 0.15) is 17.4 Å². The molecule has 5 heterocycles. The molecule has 0 saturated carbocycles. The van der Waals surface area contributed by atoms with E-state index in [1.807, 2.05) is 13.8 Å². The van der Waals surface area contributed by atoms with Crippen molar-refractivity contribution in [3.8, 4) is 16.8 Å². The van der Waals surface area contributed by atoms with Crippen molar-refractivity contribution in [2.75, 3.05) is 23.3 Å². The maximum atomic E-state index is 17.6. The number of anilines is 2. The zero-order valence-electron chi connectivity index (χ0n) is 26.5. The number of aromatic amines is 1. The first kappa shape index (κ1) is 30.2. The molecule has 2 aromatic carbocycles. The van der Waals surface area contributed by atoms with E-state index in [1.165, 1.54) is 11.1 Å². The van der Waals surface area contributed by atoms with Crippen LogP contribution in [0, 0.1) is 25.5 Å². The summed E-state index contributed by atoms with van der Waals surface area (Å²) in [6.45, 7) is 12.7. The van der Waals surface area contributed by atoms with E-state index in [0.29, 0.717) is 33.4 Å². The summed E-state index contributed by atoms with van der Waals surface area (Å²) in [4.78, 5) is 53.0. The van der Waals surface area contributed by atoms with Crippen molar-refractivity contribution in [3.63, 3.8) is 0 Å². The molecule has 5 aromatic rings. The van der Waals surface area contributed by atoms with Gasteiger partial charge in [0.05, 0.1) is 46.3 Å². The lowest BCUT2D eigenvalue weighted by molar-refractivity contribution is -0.128. The Kier molecular flexibility index (Phi) is 6.95. The van der Waals surface area contributed by atoms with Crippen LogP contribution < -0.4 is 15.9 Å². The first-order chi connectivity index (χ1) is 22.4. The predicted octanol–water partition coefficient (Wildman–Crippen LogP) is 4.89. The second kappa shape index (κ2) is 10.8. The molecule has 0 aliphatic carbocycles. The second-order valence-electron chi connectivity index (χ2n) is 12.5. The Hall–Kier alpha value is -5.46. The number of hydrogen-bond acceptors (Lipinski definition) is 7. The highest BCUT2D eigenvalue weighted by molar-refractivity contribution is 6.14. The van der Waals surface area contributed by atoms with Crippen LogP contribution >= 0.6 is 0 Å². The highest BCUT2D eigenvalue weighted by Gasteiger charge is 2.44. The molecule has 0 spiro atoms. The van der Waals surface area contributed by atoms with Crippen LogP contribution in [-0.4, -0.2) is 66.6 Å². The summed E-state index contributed by atoms with van der Waals surface area (Å²) in [6, 6.07) is 3.57. The highest BCUT2D eigenvalue weighted by Crippen LogP contribution is 2.46. The minimum atomic E-state index is -1.06. The number of nitrogens with zero attached hydrogens (tertiary/aromatic N) is 6. The van der Waals surface area contributed by atoms with Crippen LogP contribution in [0.1, 0.15) is 43.5 Å². The first-order valence-corrected chi connectivity index (χ1v) is 15.3. The fraction of sp³-hybridized carbons (Fsp3) is 0.294. The van der Waals surface area contributed by atoms with Gasteiger partial charge in [-0.05, 0) is 56.0 Å². The van der Waals surface area contributed by atoms with Gasteiger partial charge >= 0.3 is 5.69 Å². The molecule has 2 N–H and O–H groups in total. The van der Waals surface area contributed by atoms with Crippen LogP contribution in [0.15, 0.2) is 48.0 Å². The van der Waals surface area contributed by atoms with Gasteiger partial charge in [0.15, 0.2) is 11.6 Å². The molecule has 2 atom stereocenters. The fourth-order valence-electron chi connectivity index (χ4n) is 7.04. The smallest absolute Gasteiger partial charge is 0.337 e. The minimum absolute atomic E-state index is 0.0481. The van der Waals surface area contributed by atoms with Crippen LogP contribution in [0.3, 0.4) is 0 Å². The van der Waals surface area contributed by atoms with Gasteiger partial charge in [0.25, 0.3) is 0 Å². The molecule has 2 unspecified atom stereocenters. The lowest BCUT2D eigenvalue weighted by Crippen LogP contribution is -2.62. The number of halogens is 2. The van der Waals surface area contributed by atoms with E-state index in [-0.39, 0.29) is 52.9 Å². The first-order valence-electron chi connectivity index (χ1n) is 15.3. The van der Waals surface area contributed by atoms with Gasteiger partial charge in [0, 0.05) is 29.7 Å². The number of H-pyrrole nitrogens is 1. The van der Waals surface area contributed by atoms with E-state index in [2.05, 4.69) is 32.1 Å². The summed E-state index contributed by atoms with van der Waals surface area (Å²) in [6.07, 6.45) is 4.26. The third-order valence-corrected chi connectivity index (χ3v) is 9.17. The van der Waals surface area contributed by atoms with Crippen molar-refractivity contribution in [1.29, 1.82) is 0 Å². The second-order valence-corrected chi connectivity index (χ2v) is 12.5. The molecule has 2 amide bonds. The van der Waals surface area contributed by atoms with Crippen LogP contribution in [-0.2, 0) is 9.59 Å². The number of fused-ring (bicyclic) bond motifs is 3. The average molecular weight is 639 g/mol. The fourth-order valence-corrected chi connectivity index (χ4v) is 7.04. The van der Waals surface area contributed by atoms with Gasteiger partial charge in [-0.15, -0.1) is 0 Å². The number of amides is 2. The predicted molar refractivity (Wildman–Crippen MR) is 175 cm³/mol. The highest BCUT2D eigenvalue weighted by atomic mass is 19.1. The molecule has 2 aliphatic rings. The number of hydrogen-bond donors (Lipinski definition) is 2. The molecule has 1 fully saturated rings. The quantitative estimate of drug-likeness (QED) is 0.269. The van der Waals surface area contributed by atoms with Crippen LogP contribution in [0.2, 0.25) is 0 Å². The van der Waals surface area contributed by atoms with Gasteiger partial charge in [-0.25, -0.2) is 13.6 Å². The van der Waals surface area contributed by atoms with Crippen molar-refractivity contribution < 1.29 is 18.4 Å². The standard InChI is InChI=1S/C34H32F2N8O3/c1-7-22(45)42-13-18(6)43-21(14-42)33(46)39-29-25-31(27(36)24(26(29)35)23-16(4)8-9-20-19(23)12-38-41-20)44(34(47)40-32(25)43)30-17(5)10-11-37-28(30)15(2)3/h7-12,15,18,21H,1,13-14H2,2-6H3,(H,38,41)(H,39,46). The monoisotopic (exact) mass is 638 g/mol. The van der Waals surface area contributed by atoms with E-state index in [1.54, 1.807) is 50.1 Å². The number of pyridine rings is 1. The summed E-state index contributed by atoms with van der Waals surface area (Å²) < 4.78 is 36.0. The molecule has 3 aromatic heterocycles. The van der Waals surface area contributed by atoms with Crippen LogP contribution in [0.25, 0.3) is 38.6 Å². The molecule has 47 heavy (non-hydrogen) atoms. The Labute approximate surface area is 267 Å². The van der Waals surface area contributed by atoms with Crippen molar-refractivity contribution in [1.82, 2.24) is 29.6 Å². The average Bonchev–Trinajstić information content (AvgIpc) is 3.47. The van der Waals surface area contributed by atoms with Crippen LogP contribution in [0.4, 0.5) is 20.3 Å². The number of carbonyl (C=O) groups is 2. The van der Waals surface area contributed by atoms with E-state index in [9.17, 15) is 14.4 Å². The van der Waals surface area contributed by atoms with Gasteiger partial charge < -0.3 is 15.1 Å². The third kappa shape index (κ3) is 4.36. The molecular formula is C34H32F2N8O3. The molecule has 2 aliphatic heterocycles. The number of rotatable bonds is 4. The lowest BCUT2D eigenvalue weighted by Gasteiger charge is -2.44. The Morgan fingerprint density at radius 2 is 1.85 bits per heavy atom. The van der Waals surface area contributed by atoms with E-state index in [4.69, 9.17) is 0 Å². The van der Waals surface area contributed by atoms with E-state index >= 15 is 8.78 Å². The van der Waals surface area contributed by atoms with Crippen LogP contribution in [0.5, 0.6) is 0 Å². The van der Waals surface area contributed by atoms with Crippen molar-refractivity contribution >= 4 is 45.1 Å². The summed E-state index contributed by atoms with van der Waals surface area (Å²) >= 11 is 0. The lowest BCUT2D eigenvalue weighted by atomic mass is 9.93. The molecule has 1 saturated heterocycles. The van der Waals surface area contributed by atoms with Gasteiger partial charge in [0.2, 0.25) is 11.8 Å². The van der Waals surface area contributed by atoms with Gasteiger partial charge in [-0.1, -0.05) is 26.5 Å². The SMILES string of the molecule is C=CC(=O)N1CC(C)N2c3nc(=O)n(-c4c(C)ccnc4C(C)C)c4c(F)c(-c5c(C)ccc6[nH]ncc56)c(F)c(c34)NC(=O)C2C1. The minimum Gasteiger partial charge on any atom is -0.337 e. The Morgan fingerprint density at radius 3 is 2.57 bits per heavy atom. The molecule has 0 bridgehead atoms. The van der Waals surface area contributed by atoms with Crippen molar-refractivity contribution in [2.24, 2.45) is 0 Å². The Bertz CT molecular complexity index is 2240. The number of aromatic nitrogens is 5. The number of nitrogens with one attached hydrogen (secondary N) is 2. The maximum Gasteiger partial charge on any atom is 0.354 e. The molecular weight excluding hydrogens is 606 g/mol. The molecule has 7 rings (SSSR count). The zero-order chi connectivity index (χ0) is 33.5. The van der Waals surface area contributed by atoms with Gasteiger partial charge in [-0.3, -0.25) is 24.2 Å². The largest absolute Gasteiger partial charge is 0.354 e. The Balaban J connectivity index is 1.66.